The van der Waals surface area contributed by atoms with Crippen LogP contribution in [-0.2, 0) is 9.53 Å². The lowest BCUT2D eigenvalue weighted by Gasteiger charge is -2.40. The van der Waals surface area contributed by atoms with E-state index in [1.807, 2.05) is 4.90 Å². The Balaban J connectivity index is 1.86. The topological polar surface area (TPSA) is 44.8 Å². The van der Waals surface area contributed by atoms with E-state index in [4.69, 9.17) is 4.74 Å². The molecule has 1 aromatic carbocycles. The minimum Gasteiger partial charge on any atom is -0.378 e. The highest BCUT2D eigenvalue weighted by molar-refractivity contribution is 5.83. The molecule has 25 heavy (non-hydrogen) atoms. The number of carbonyl (C=O) groups excluding carboxylic acids is 1. The molecule has 0 bridgehead atoms. The van der Waals surface area contributed by atoms with Gasteiger partial charge in [0.15, 0.2) is 0 Å². The molecule has 0 aromatic heterocycles. The quantitative estimate of drug-likeness (QED) is 0.907. The van der Waals surface area contributed by atoms with Crippen molar-refractivity contribution in [3.05, 3.63) is 35.4 Å². The first-order chi connectivity index (χ1) is 12.1. The number of nitrogens with one attached hydrogen (secondary N) is 1. The molecule has 1 N–H and O–H groups in total. The first-order valence-corrected chi connectivity index (χ1v) is 9.50. The van der Waals surface area contributed by atoms with Crippen molar-refractivity contribution in [2.45, 2.75) is 38.8 Å². The third kappa shape index (κ3) is 4.40. The summed E-state index contributed by atoms with van der Waals surface area (Å²) in [5.41, 5.74) is 2.42. The lowest BCUT2D eigenvalue weighted by molar-refractivity contribution is -0.142. The van der Waals surface area contributed by atoms with Gasteiger partial charge in [0.1, 0.15) is 6.04 Å². The van der Waals surface area contributed by atoms with Gasteiger partial charge in [0.05, 0.1) is 13.2 Å². The van der Waals surface area contributed by atoms with Gasteiger partial charge in [0.2, 0.25) is 5.91 Å². The molecule has 1 aromatic rings. The molecule has 2 saturated heterocycles. The summed E-state index contributed by atoms with van der Waals surface area (Å²) in [5, 5.41) is 3.47. The van der Waals surface area contributed by atoms with Crippen molar-refractivity contribution < 1.29 is 9.53 Å². The molecule has 2 aliphatic rings. The van der Waals surface area contributed by atoms with Crippen LogP contribution in [0.2, 0.25) is 0 Å². The summed E-state index contributed by atoms with van der Waals surface area (Å²) >= 11 is 0. The summed E-state index contributed by atoms with van der Waals surface area (Å²) in [6.45, 7) is 12.0. The molecule has 0 spiro atoms. The Hall–Kier alpha value is -1.43. The van der Waals surface area contributed by atoms with Crippen LogP contribution in [0.25, 0.3) is 0 Å². The standard InChI is InChI=1S/C20H31N3O2/c1-15(2)17-4-6-18(7-5-17)19(23-9-8-21-16(3)14-23)20(24)22-10-12-25-13-11-22/h4-7,15-16,19,21H,8-14H2,1-3H3. The zero-order valence-corrected chi connectivity index (χ0v) is 15.7. The monoisotopic (exact) mass is 345 g/mol. The molecular weight excluding hydrogens is 314 g/mol. The molecule has 1 amide bonds. The van der Waals surface area contributed by atoms with Gasteiger partial charge in [-0.2, -0.15) is 0 Å². The van der Waals surface area contributed by atoms with E-state index in [0.29, 0.717) is 38.3 Å². The molecule has 2 heterocycles. The molecule has 138 valence electrons. The van der Waals surface area contributed by atoms with Crippen LogP contribution in [0, 0.1) is 0 Å². The van der Waals surface area contributed by atoms with Gasteiger partial charge < -0.3 is 15.0 Å². The van der Waals surface area contributed by atoms with Crippen LogP contribution in [0.4, 0.5) is 0 Å². The minimum absolute atomic E-state index is 0.191. The Kier molecular flexibility index (Phi) is 6.10. The van der Waals surface area contributed by atoms with E-state index in [0.717, 1.165) is 25.2 Å². The predicted molar refractivity (Wildman–Crippen MR) is 99.7 cm³/mol. The summed E-state index contributed by atoms with van der Waals surface area (Å²) in [5.74, 6) is 0.719. The van der Waals surface area contributed by atoms with Gasteiger partial charge in [-0.15, -0.1) is 0 Å². The van der Waals surface area contributed by atoms with Crippen molar-refractivity contribution in [2.75, 3.05) is 45.9 Å². The van der Waals surface area contributed by atoms with Crippen LogP contribution in [0.5, 0.6) is 0 Å². The largest absolute Gasteiger partial charge is 0.378 e. The lowest BCUT2D eigenvalue weighted by Crippen LogP contribution is -2.54. The van der Waals surface area contributed by atoms with Crippen molar-refractivity contribution in [1.29, 1.82) is 0 Å². The zero-order chi connectivity index (χ0) is 17.8. The molecule has 5 heteroatoms. The highest BCUT2D eigenvalue weighted by Gasteiger charge is 2.34. The second-order valence-corrected chi connectivity index (χ2v) is 7.51. The molecule has 2 unspecified atom stereocenters. The Morgan fingerprint density at radius 3 is 2.36 bits per heavy atom. The van der Waals surface area contributed by atoms with Crippen molar-refractivity contribution >= 4 is 5.91 Å². The number of hydrogen-bond acceptors (Lipinski definition) is 4. The Bertz CT molecular complexity index is 567. The zero-order valence-electron chi connectivity index (χ0n) is 15.7. The summed E-state index contributed by atoms with van der Waals surface area (Å²) < 4.78 is 5.42. The summed E-state index contributed by atoms with van der Waals surface area (Å²) in [6.07, 6.45) is 0. The molecule has 2 aliphatic heterocycles. The number of rotatable bonds is 4. The molecular formula is C20H31N3O2. The van der Waals surface area contributed by atoms with Crippen LogP contribution in [-0.4, -0.2) is 67.7 Å². The first kappa shape index (κ1) is 18.4. The second kappa shape index (κ2) is 8.30. The van der Waals surface area contributed by atoms with E-state index in [1.54, 1.807) is 0 Å². The number of ether oxygens (including phenoxy) is 1. The lowest BCUT2D eigenvalue weighted by atomic mass is 9.97. The predicted octanol–water partition coefficient (Wildman–Crippen LogP) is 2.00. The summed E-state index contributed by atoms with van der Waals surface area (Å²) in [4.78, 5) is 17.6. The van der Waals surface area contributed by atoms with Gasteiger partial charge in [-0.25, -0.2) is 0 Å². The van der Waals surface area contributed by atoms with Gasteiger partial charge in [0, 0.05) is 38.8 Å². The number of benzene rings is 1. The maximum absolute atomic E-state index is 13.3. The van der Waals surface area contributed by atoms with Crippen LogP contribution in [0.1, 0.15) is 43.9 Å². The van der Waals surface area contributed by atoms with E-state index in [9.17, 15) is 4.79 Å². The number of amides is 1. The van der Waals surface area contributed by atoms with Gasteiger partial charge in [-0.1, -0.05) is 38.1 Å². The maximum atomic E-state index is 13.3. The number of hydrogen-bond donors (Lipinski definition) is 1. The van der Waals surface area contributed by atoms with Gasteiger partial charge in [0.25, 0.3) is 0 Å². The first-order valence-electron chi connectivity index (χ1n) is 9.50. The Labute approximate surface area is 151 Å². The summed E-state index contributed by atoms with van der Waals surface area (Å²) in [7, 11) is 0. The van der Waals surface area contributed by atoms with E-state index in [1.165, 1.54) is 5.56 Å². The molecule has 0 radical (unpaired) electrons. The van der Waals surface area contributed by atoms with Crippen molar-refractivity contribution in [2.24, 2.45) is 0 Å². The average Bonchev–Trinajstić information content (AvgIpc) is 2.63. The van der Waals surface area contributed by atoms with Crippen LogP contribution in [0.3, 0.4) is 0 Å². The van der Waals surface area contributed by atoms with Crippen LogP contribution in [0.15, 0.2) is 24.3 Å². The molecule has 3 rings (SSSR count). The number of piperazine rings is 1. The smallest absolute Gasteiger partial charge is 0.244 e. The second-order valence-electron chi connectivity index (χ2n) is 7.51. The Morgan fingerprint density at radius 1 is 1.12 bits per heavy atom. The fraction of sp³-hybridized carbons (Fsp3) is 0.650. The molecule has 2 fully saturated rings. The molecule has 2 atom stereocenters. The third-order valence-corrected chi connectivity index (χ3v) is 5.24. The van der Waals surface area contributed by atoms with E-state index in [-0.39, 0.29) is 11.9 Å². The van der Waals surface area contributed by atoms with Gasteiger partial charge >= 0.3 is 0 Å². The van der Waals surface area contributed by atoms with Gasteiger partial charge in [-0.05, 0) is 24.0 Å². The van der Waals surface area contributed by atoms with Crippen LogP contribution >= 0.6 is 0 Å². The Morgan fingerprint density at radius 2 is 1.76 bits per heavy atom. The third-order valence-electron chi connectivity index (χ3n) is 5.24. The number of morpholine rings is 1. The van der Waals surface area contributed by atoms with E-state index in [2.05, 4.69) is 55.3 Å². The van der Waals surface area contributed by atoms with Crippen molar-refractivity contribution in [3.63, 3.8) is 0 Å². The molecule has 0 aliphatic carbocycles. The van der Waals surface area contributed by atoms with Gasteiger partial charge in [-0.3, -0.25) is 9.69 Å². The minimum atomic E-state index is -0.191. The fourth-order valence-electron chi connectivity index (χ4n) is 3.73. The van der Waals surface area contributed by atoms with Crippen molar-refractivity contribution in [1.82, 2.24) is 15.1 Å². The molecule has 0 saturated carbocycles. The normalized spacial score (nSPS) is 23.7. The van der Waals surface area contributed by atoms with Crippen molar-refractivity contribution in [3.8, 4) is 0 Å². The summed E-state index contributed by atoms with van der Waals surface area (Å²) in [6, 6.07) is 8.85. The van der Waals surface area contributed by atoms with E-state index < -0.39 is 0 Å². The SMILES string of the molecule is CC1CN(C(C(=O)N2CCOCC2)c2ccc(C(C)C)cc2)CCN1. The number of carbonyl (C=O) groups is 1. The maximum Gasteiger partial charge on any atom is 0.244 e. The molecule has 5 nitrogen and oxygen atoms in total. The highest BCUT2D eigenvalue weighted by Crippen LogP contribution is 2.27. The van der Waals surface area contributed by atoms with Crippen LogP contribution < -0.4 is 5.32 Å². The van der Waals surface area contributed by atoms with E-state index >= 15 is 0 Å². The fourth-order valence-corrected chi connectivity index (χ4v) is 3.73. The highest BCUT2D eigenvalue weighted by atomic mass is 16.5. The average molecular weight is 345 g/mol. The number of nitrogens with zero attached hydrogens (tertiary/aromatic N) is 2.